The summed E-state index contributed by atoms with van der Waals surface area (Å²) in [6, 6.07) is 10.6. The van der Waals surface area contributed by atoms with Crippen molar-refractivity contribution >= 4 is 17.2 Å². The summed E-state index contributed by atoms with van der Waals surface area (Å²) in [4.78, 5) is 21.9. The van der Waals surface area contributed by atoms with Gasteiger partial charge in [-0.1, -0.05) is 30.3 Å². The van der Waals surface area contributed by atoms with Crippen LogP contribution in [0.3, 0.4) is 0 Å². The molecule has 4 rings (SSSR count). The third-order valence-corrected chi connectivity index (χ3v) is 6.68. The number of thiazole rings is 1. The molecule has 27 heavy (non-hydrogen) atoms. The first-order valence-electron chi connectivity index (χ1n) is 9.65. The summed E-state index contributed by atoms with van der Waals surface area (Å²) in [5.74, 6) is 0.137. The Labute approximate surface area is 165 Å². The Morgan fingerprint density at radius 2 is 1.96 bits per heavy atom. The zero-order chi connectivity index (χ0) is 18.9. The van der Waals surface area contributed by atoms with Crippen LogP contribution in [0.25, 0.3) is 0 Å². The van der Waals surface area contributed by atoms with E-state index in [4.69, 9.17) is 9.72 Å². The zero-order valence-corrected chi connectivity index (χ0v) is 16.9. The number of carbonyl (C=O) groups is 1. The van der Waals surface area contributed by atoms with Gasteiger partial charge >= 0.3 is 0 Å². The largest absolute Gasteiger partial charge is 0.366 e. The fraction of sp³-hybridized carbons (Fsp3) is 0.524. The number of benzene rings is 1. The van der Waals surface area contributed by atoms with Crippen LogP contribution in [-0.4, -0.2) is 66.6 Å². The molecule has 2 fully saturated rings. The van der Waals surface area contributed by atoms with E-state index < -0.39 is 0 Å². The van der Waals surface area contributed by atoms with E-state index in [1.165, 1.54) is 5.56 Å². The Morgan fingerprint density at radius 1 is 1.22 bits per heavy atom. The molecule has 6 heteroatoms. The van der Waals surface area contributed by atoms with Gasteiger partial charge in [-0.15, -0.1) is 11.3 Å². The molecule has 2 aliphatic rings. The minimum Gasteiger partial charge on any atom is -0.366 e. The van der Waals surface area contributed by atoms with Crippen molar-refractivity contribution in [1.29, 1.82) is 0 Å². The second kappa shape index (κ2) is 7.70. The van der Waals surface area contributed by atoms with Crippen molar-refractivity contribution in [2.45, 2.75) is 31.3 Å². The summed E-state index contributed by atoms with van der Waals surface area (Å²) in [6.07, 6.45) is 1.47. The van der Waals surface area contributed by atoms with Gasteiger partial charge in [0, 0.05) is 37.0 Å². The summed E-state index contributed by atoms with van der Waals surface area (Å²) in [5.41, 5.74) is 2.35. The maximum atomic E-state index is 12.9. The first kappa shape index (κ1) is 18.6. The van der Waals surface area contributed by atoms with Crippen molar-refractivity contribution in [1.82, 2.24) is 14.8 Å². The number of aryl methyl sites for hydroxylation is 1. The SMILES string of the molecule is Cc1nc(C2(c3ccccc3)CCN(C(=O)C3CN(C)CCO3)CC2)cs1. The van der Waals surface area contributed by atoms with Gasteiger partial charge in [0.15, 0.2) is 0 Å². The predicted molar refractivity (Wildman–Crippen MR) is 107 cm³/mol. The highest BCUT2D eigenvalue weighted by Crippen LogP contribution is 2.42. The Morgan fingerprint density at radius 3 is 2.59 bits per heavy atom. The molecule has 1 amide bonds. The van der Waals surface area contributed by atoms with Crippen LogP contribution >= 0.6 is 11.3 Å². The molecule has 2 aliphatic heterocycles. The number of rotatable bonds is 3. The number of piperidine rings is 1. The average Bonchev–Trinajstić information content (AvgIpc) is 3.15. The zero-order valence-electron chi connectivity index (χ0n) is 16.1. The topological polar surface area (TPSA) is 45.7 Å². The summed E-state index contributed by atoms with van der Waals surface area (Å²) >= 11 is 1.70. The Kier molecular flexibility index (Phi) is 5.30. The third-order valence-electron chi connectivity index (χ3n) is 5.91. The van der Waals surface area contributed by atoms with Crippen molar-refractivity contribution < 1.29 is 9.53 Å². The van der Waals surface area contributed by atoms with Crippen LogP contribution in [0, 0.1) is 6.92 Å². The molecule has 1 aromatic carbocycles. The fourth-order valence-corrected chi connectivity index (χ4v) is 4.98. The molecule has 0 N–H and O–H groups in total. The molecule has 0 aliphatic carbocycles. The first-order valence-corrected chi connectivity index (χ1v) is 10.5. The van der Waals surface area contributed by atoms with E-state index in [-0.39, 0.29) is 17.4 Å². The van der Waals surface area contributed by atoms with Crippen molar-refractivity contribution in [3.63, 3.8) is 0 Å². The number of hydrogen-bond donors (Lipinski definition) is 0. The van der Waals surface area contributed by atoms with Crippen molar-refractivity contribution in [3.8, 4) is 0 Å². The first-order chi connectivity index (χ1) is 13.1. The quantitative estimate of drug-likeness (QED) is 0.815. The number of morpholine rings is 1. The Balaban J connectivity index is 1.54. The van der Waals surface area contributed by atoms with E-state index in [0.29, 0.717) is 13.2 Å². The maximum absolute atomic E-state index is 12.9. The second-order valence-corrected chi connectivity index (χ2v) is 8.71. The number of hydrogen-bond acceptors (Lipinski definition) is 5. The molecule has 2 saturated heterocycles. The maximum Gasteiger partial charge on any atom is 0.253 e. The van der Waals surface area contributed by atoms with E-state index in [1.54, 1.807) is 11.3 Å². The van der Waals surface area contributed by atoms with Gasteiger partial charge in [0.1, 0.15) is 6.10 Å². The molecule has 1 aromatic heterocycles. The van der Waals surface area contributed by atoms with E-state index >= 15 is 0 Å². The highest BCUT2D eigenvalue weighted by Gasteiger charge is 2.42. The van der Waals surface area contributed by atoms with Crippen LogP contribution < -0.4 is 0 Å². The van der Waals surface area contributed by atoms with Crippen LogP contribution in [0.15, 0.2) is 35.7 Å². The molecule has 144 valence electrons. The standard InChI is InChI=1S/C21H27N3O2S/c1-16-22-19(15-27-16)21(17-6-4-3-5-7-17)8-10-24(11-9-21)20(25)18-14-23(2)12-13-26-18/h3-7,15,18H,8-14H2,1-2H3. The summed E-state index contributed by atoms with van der Waals surface area (Å²) in [7, 11) is 2.05. The van der Waals surface area contributed by atoms with E-state index in [2.05, 4.69) is 47.5 Å². The molecular formula is C21H27N3O2S. The molecule has 0 radical (unpaired) electrons. The third kappa shape index (κ3) is 3.66. The van der Waals surface area contributed by atoms with Gasteiger partial charge in [-0.25, -0.2) is 4.98 Å². The summed E-state index contributed by atoms with van der Waals surface area (Å²) in [6.45, 7) is 5.76. The number of amides is 1. The molecule has 0 bridgehead atoms. The molecule has 5 nitrogen and oxygen atoms in total. The van der Waals surface area contributed by atoms with Crippen LogP contribution in [0.1, 0.15) is 29.1 Å². The van der Waals surface area contributed by atoms with E-state index in [9.17, 15) is 4.79 Å². The van der Waals surface area contributed by atoms with E-state index in [0.717, 1.165) is 43.2 Å². The number of likely N-dealkylation sites (tertiary alicyclic amines) is 1. The van der Waals surface area contributed by atoms with Crippen molar-refractivity contribution in [2.24, 2.45) is 0 Å². The number of ether oxygens (including phenoxy) is 1. The normalized spacial score (nSPS) is 23.3. The fourth-order valence-electron chi connectivity index (χ4n) is 4.27. The lowest BCUT2D eigenvalue weighted by Gasteiger charge is -2.43. The number of nitrogens with zero attached hydrogens (tertiary/aromatic N) is 3. The monoisotopic (exact) mass is 385 g/mol. The van der Waals surface area contributed by atoms with Gasteiger partial charge in [-0.2, -0.15) is 0 Å². The molecule has 1 atom stereocenters. The summed E-state index contributed by atoms with van der Waals surface area (Å²) in [5, 5.41) is 3.29. The lowest BCUT2D eigenvalue weighted by molar-refractivity contribution is -0.150. The highest BCUT2D eigenvalue weighted by molar-refractivity contribution is 7.09. The Hall–Kier alpha value is -1.76. The van der Waals surface area contributed by atoms with Crippen molar-refractivity contribution in [3.05, 3.63) is 52.0 Å². The smallest absolute Gasteiger partial charge is 0.253 e. The molecule has 3 heterocycles. The van der Waals surface area contributed by atoms with Crippen LogP contribution in [0.2, 0.25) is 0 Å². The van der Waals surface area contributed by atoms with Gasteiger partial charge in [0.25, 0.3) is 5.91 Å². The van der Waals surface area contributed by atoms with Gasteiger partial charge in [-0.3, -0.25) is 4.79 Å². The molecule has 0 saturated carbocycles. The number of aromatic nitrogens is 1. The molecule has 2 aromatic rings. The van der Waals surface area contributed by atoms with Gasteiger partial charge < -0.3 is 14.5 Å². The minimum absolute atomic E-state index is 0.104. The number of likely N-dealkylation sites (N-methyl/N-ethyl adjacent to an activating group) is 1. The van der Waals surface area contributed by atoms with Crippen molar-refractivity contribution in [2.75, 3.05) is 39.8 Å². The average molecular weight is 386 g/mol. The van der Waals surface area contributed by atoms with E-state index in [1.807, 2.05) is 11.9 Å². The highest BCUT2D eigenvalue weighted by atomic mass is 32.1. The molecule has 0 spiro atoms. The number of carbonyl (C=O) groups excluding carboxylic acids is 1. The van der Waals surface area contributed by atoms with Gasteiger partial charge in [0.2, 0.25) is 0 Å². The van der Waals surface area contributed by atoms with Gasteiger partial charge in [0.05, 0.1) is 17.3 Å². The summed E-state index contributed by atoms with van der Waals surface area (Å²) < 4.78 is 5.74. The predicted octanol–water partition coefficient (Wildman–Crippen LogP) is 2.69. The molecule has 1 unspecified atom stereocenters. The molecular weight excluding hydrogens is 358 g/mol. The second-order valence-electron chi connectivity index (χ2n) is 7.65. The van der Waals surface area contributed by atoms with Crippen LogP contribution in [-0.2, 0) is 14.9 Å². The van der Waals surface area contributed by atoms with Crippen LogP contribution in [0.4, 0.5) is 0 Å². The van der Waals surface area contributed by atoms with Crippen LogP contribution in [0.5, 0.6) is 0 Å². The minimum atomic E-state index is -0.325. The lowest BCUT2D eigenvalue weighted by Crippen LogP contribution is -2.53. The Bertz CT molecular complexity index is 784. The lowest BCUT2D eigenvalue weighted by atomic mass is 9.70. The van der Waals surface area contributed by atoms with Gasteiger partial charge in [-0.05, 0) is 32.4 Å².